The van der Waals surface area contributed by atoms with Crippen molar-refractivity contribution in [2.75, 3.05) is 0 Å². The summed E-state index contributed by atoms with van der Waals surface area (Å²) < 4.78 is 5.50. The topological polar surface area (TPSA) is 75.6 Å². The van der Waals surface area contributed by atoms with E-state index in [1.54, 1.807) is 24.3 Å². The summed E-state index contributed by atoms with van der Waals surface area (Å²) in [5.41, 5.74) is 0.810. The Hall–Kier alpha value is -2.24. The summed E-state index contributed by atoms with van der Waals surface area (Å²) >= 11 is 11.8. The van der Waals surface area contributed by atoms with E-state index in [1.807, 2.05) is 18.2 Å². The molecule has 0 fully saturated rings. The molecule has 2 aromatic carbocycles. The average molecular weight is 382 g/mol. The summed E-state index contributed by atoms with van der Waals surface area (Å²) in [4.78, 5) is 23.7. The summed E-state index contributed by atoms with van der Waals surface area (Å²) in [7, 11) is 0. The lowest BCUT2D eigenvalue weighted by Gasteiger charge is -2.19. The molecule has 0 heterocycles. The number of nitrogens with one attached hydrogen (secondary N) is 1. The van der Waals surface area contributed by atoms with Crippen molar-refractivity contribution in [2.24, 2.45) is 0 Å². The molecule has 0 saturated heterocycles. The van der Waals surface area contributed by atoms with E-state index in [2.05, 4.69) is 5.32 Å². The van der Waals surface area contributed by atoms with Gasteiger partial charge < -0.3 is 15.2 Å². The van der Waals surface area contributed by atoms with Gasteiger partial charge in [-0.2, -0.15) is 0 Å². The van der Waals surface area contributed by atoms with Crippen LogP contribution < -0.4 is 10.1 Å². The molecule has 0 aromatic heterocycles. The SMILES string of the molecule is C[C@@H](Oc1ccc(Cl)cc1Cl)C(=O)N[C@@H](Cc1ccccc1)C(=O)O. The number of carbonyl (C=O) groups excluding carboxylic acids is 1. The van der Waals surface area contributed by atoms with Gasteiger partial charge in [-0.3, -0.25) is 4.79 Å². The van der Waals surface area contributed by atoms with Gasteiger partial charge in [-0.1, -0.05) is 53.5 Å². The second kappa shape index (κ2) is 8.74. The Morgan fingerprint density at radius 3 is 2.44 bits per heavy atom. The number of carboxylic acid groups (broad SMARTS) is 1. The maximum absolute atomic E-state index is 12.3. The molecule has 0 bridgehead atoms. The minimum Gasteiger partial charge on any atom is -0.480 e. The highest BCUT2D eigenvalue weighted by Gasteiger charge is 2.24. The molecule has 0 unspecified atom stereocenters. The maximum Gasteiger partial charge on any atom is 0.326 e. The van der Waals surface area contributed by atoms with E-state index < -0.39 is 24.0 Å². The van der Waals surface area contributed by atoms with Gasteiger partial charge >= 0.3 is 5.97 Å². The fraction of sp³-hybridized carbons (Fsp3) is 0.222. The van der Waals surface area contributed by atoms with Gasteiger partial charge in [0.2, 0.25) is 0 Å². The van der Waals surface area contributed by atoms with E-state index >= 15 is 0 Å². The second-order valence-corrected chi connectivity index (χ2v) is 6.27. The fourth-order valence-electron chi connectivity index (χ4n) is 2.15. The Balaban J connectivity index is 2.01. The van der Waals surface area contributed by atoms with Gasteiger partial charge in [-0.05, 0) is 30.7 Å². The molecule has 2 aromatic rings. The number of amides is 1. The third-order valence-corrected chi connectivity index (χ3v) is 3.99. The zero-order chi connectivity index (χ0) is 18.4. The zero-order valence-corrected chi connectivity index (χ0v) is 14.9. The molecule has 0 saturated carbocycles. The first-order chi connectivity index (χ1) is 11.9. The molecule has 0 radical (unpaired) electrons. The fourth-order valence-corrected chi connectivity index (χ4v) is 2.61. The molecule has 2 N–H and O–H groups in total. The molecule has 2 rings (SSSR count). The lowest BCUT2D eigenvalue weighted by molar-refractivity contribution is -0.142. The van der Waals surface area contributed by atoms with Gasteiger partial charge in [0.15, 0.2) is 6.10 Å². The smallest absolute Gasteiger partial charge is 0.326 e. The van der Waals surface area contributed by atoms with Crippen LogP contribution in [0.4, 0.5) is 0 Å². The molecule has 1 amide bonds. The van der Waals surface area contributed by atoms with Gasteiger partial charge in [0.1, 0.15) is 11.8 Å². The molecule has 0 spiro atoms. The molecular formula is C18H17Cl2NO4. The van der Waals surface area contributed by atoms with Crippen molar-refractivity contribution in [3.63, 3.8) is 0 Å². The van der Waals surface area contributed by atoms with E-state index in [1.165, 1.54) is 13.0 Å². The summed E-state index contributed by atoms with van der Waals surface area (Å²) in [6, 6.07) is 12.6. The minimum atomic E-state index is -1.12. The van der Waals surface area contributed by atoms with Gasteiger partial charge in [0, 0.05) is 11.4 Å². The Bertz CT molecular complexity index is 752. The summed E-state index contributed by atoms with van der Waals surface area (Å²) in [6.07, 6.45) is -0.743. The van der Waals surface area contributed by atoms with Crippen LogP contribution in [0.25, 0.3) is 0 Å². The van der Waals surface area contributed by atoms with Gasteiger partial charge in [0.05, 0.1) is 5.02 Å². The van der Waals surface area contributed by atoms with Crippen molar-refractivity contribution in [3.05, 3.63) is 64.1 Å². The number of carboxylic acids is 1. The zero-order valence-electron chi connectivity index (χ0n) is 13.4. The van der Waals surface area contributed by atoms with Crippen LogP contribution in [0.1, 0.15) is 12.5 Å². The van der Waals surface area contributed by atoms with Crippen molar-refractivity contribution in [3.8, 4) is 5.75 Å². The highest BCUT2D eigenvalue weighted by Crippen LogP contribution is 2.28. The maximum atomic E-state index is 12.3. The molecule has 0 aliphatic rings. The number of carbonyl (C=O) groups is 2. The first-order valence-corrected chi connectivity index (χ1v) is 8.31. The third kappa shape index (κ3) is 5.66. The van der Waals surface area contributed by atoms with Crippen LogP contribution in [0.3, 0.4) is 0 Å². The van der Waals surface area contributed by atoms with E-state index in [0.29, 0.717) is 10.8 Å². The quantitative estimate of drug-likeness (QED) is 0.768. The number of halogens is 2. The van der Waals surface area contributed by atoms with Crippen molar-refractivity contribution in [2.45, 2.75) is 25.5 Å². The highest BCUT2D eigenvalue weighted by molar-refractivity contribution is 6.35. The summed E-state index contributed by atoms with van der Waals surface area (Å²) in [5.74, 6) is -1.37. The van der Waals surface area contributed by atoms with Crippen molar-refractivity contribution < 1.29 is 19.4 Å². The number of benzene rings is 2. The monoisotopic (exact) mass is 381 g/mol. The number of rotatable bonds is 7. The summed E-state index contributed by atoms with van der Waals surface area (Å²) in [5, 5.41) is 12.5. The van der Waals surface area contributed by atoms with Crippen molar-refractivity contribution >= 4 is 35.1 Å². The van der Waals surface area contributed by atoms with Gasteiger partial charge in [0.25, 0.3) is 5.91 Å². The predicted molar refractivity (Wildman–Crippen MR) is 96.3 cm³/mol. The van der Waals surface area contributed by atoms with Crippen molar-refractivity contribution in [1.82, 2.24) is 5.32 Å². The standard InChI is InChI=1S/C18H17Cl2NO4/c1-11(25-16-8-7-13(19)10-14(16)20)17(22)21-15(18(23)24)9-12-5-3-2-4-6-12/h2-8,10-11,15H,9H2,1H3,(H,21,22)(H,23,24)/t11-,15+/m1/s1. The predicted octanol–water partition coefficient (Wildman–Crippen LogP) is 3.57. The van der Waals surface area contributed by atoms with Crippen LogP contribution in [0.2, 0.25) is 10.0 Å². The molecule has 5 nitrogen and oxygen atoms in total. The molecule has 2 atom stereocenters. The minimum absolute atomic E-state index is 0.177. The number of hydrogen-bond acceptors (Lipinski definition) is 3. The first kappa shape index (κ1) is 19.1. The van der Waals surface area contributed by atoms with Crippen LogP contribution >= 0.6 is 23.2 Å². The second-order valence-electron chi connectivity index (χ2n) is 5.42. The van der Waals surface area contributed by atoms with Gasteiger partial charge in [-0.25, -0.2) is 4.79 Å². The number of aliphatic carboxylic acids is 1. The van der Waals surface area contributed by atoms with E-state index in [0.717, 1.165) is 5.56 Å². The highest BCUT2D eigenvalue weighted by atomic mass is 35.5. The Kier molecular flexibility index (Phi) is 6.67. The van der Waals surface area contributed by atoms with E-state index in [9.17, 15) is 14.7 Å². The lowest BCUT2D eigenvalue weighted by atomic mass is 10.1. The van der Waals surface area contributed by atoms with E-state index in [4.69, 9.17) is 27.9 Å². The summed E-state index contributed by atoms with van der Waals surface area (Å²) in [6.45, 7) is 1.52. The molecular weight excluding hydrogens is 365 g/mol. The lowest BCUT2D eigenvalue weighted by Crippen LogP contribution is -2.47. The largest absolute Gasteiger partial charge is 0.480 e. The van der Waals surface area contributed by atoms with Gasteiger partial charge in [-0.15, -0.1) is 0 Å². The van der Waals surface area contributed by atoms with Crippen LogP contribution in [-0.4, -0.2) is 29.1 Å². The van der Waals surface area contributed by atoms with Crippen molar-refractivity contribution in [1.29, 1.82) is 0 Å². The third-order valence-electron chi connectivity index (χ3n) is 3.46. The molecule has 25 heavy (non-hydrogen) atoms. The Labute approximate surface area is 155 Å². The van der Waals surface area contributed by atoms with Crippen LogP contribution in [0.15, 0.2) is 48.5 Å². The van der Waals surface area contributed by atoms with E-state index in [-0.39, 0.29) is 11.4 Å². The van der Waals surface area contributed by atoms with Crippen LogP contribution in [0.5, 0.6) is 5.75 Å². The molecule has 7 heteroatoms. The normalized spacial score (nSPS) is 12.9. The van der Waals surface area contributed by atoms with Crippen LogP contribution in [0, 0.1) is 0 Å². The Morgan fingerprint density at radius 2 is 1.84 bits per heavy atom. The first-order valence-electron chi connectivity index (χ1n) is 7.55. The number of hydrogen-bond donors (Lipinski definition) is 2. The number of ether oxygens (including phenoxy) is 1. The van der Waals surface area contributed by atoms with Crippen LogP contribution in [-0.2, 0) is 16.0 Å². The molecule has 0 aliphatic carbocycles. The average Bonchev–Trinajstić information content (AvgIpc) is 2.57. The molecule has 0 aliphatic heterocycles. The Morgan fingerprint density at radius 1 is 1.16 bits per heavy atom. The molecule has 132 valence electrons.